The van der Waals surface area contributed by atoms with Crippen molar-refractivity contribution in [2.24, 2.45) is 0 Å². The maximum atomic E-state index is 11.9. The molecule has 0 aliphatic carbocycles. The topological polar surface area (TPSA) is 67.4 Å². The molecule has 0 spiro atoms. The molecule has 1 unspecified atom stereocenters. The van der Waals surface area contributed by atoms with Crippen molar-refractivity contribution in [2.45, 2.75) is 45.1 Å². The third-order valence-corrected chi connectivity index (χ3v) is 3.39. The zero-order valence-corrected chi connectivity index (χ0v) is 13.4. The monoisotopic (exact) mass is 306 g/mol. The molecule has 1 rings (SSSR count). The molecule has 0 aliphatic rings. The number of unbranched alkanes of at least 4 members (excludes halogenated alkanes) is 3. The van der Waals surface area contributed by atoms with Crippen molar-refractivity contribution >= 4 is 12.0 Å². The Labute approximate surface area is 132 Å². The van der Waals surface area contributed by atoms with Gasteiger partial charge in [-0.25, -0.2) is 9.59 Å². The fourth-order valence-corrected chi connectivity index (χ4v) is 2.15. The van der Waals surface area contributed by atoms with Crippen molar-refractivity contribution in [3.05, 3.63) is 35.9 Å². The molecule has 0 aliphatic heterocycles. The van der Waals surface area contributed by atoms with Crippen LogP contribution in [0.25, 0.3) is 0 Å². The Morgan fingerprint density at radius 3 is 2.50 bits per heavy atom. The van der Waals surface area contributed by atoms with Gasteiger partial charge in [0.05, 0.1) is 7.11 Å². The van der Waals surface area contributed by atoms with Gasteiger partial charge in [0, 0.05) is 13.0 Å². The number of nitrogens with one attached hydrogen (secondary N) is 2. The first kappa shape index (κ1) is 18.0. The highest BCUT2D eigenvalue weighted by atomic mass is 16.5. The average molecular weight is 306 g/mol. The molecule has 2 N–H and O–H groups in total. The van der Waals surface area contributed by atoms with Gasteiger partial charge < -0.3 is 15.4 Å². The number of benzene rings is 1. The molecule has 0 saturated carbocycles. The number of methoxy groups -OCH3 is 1. The number of ether oxygens (including phenoxy) is 1. The molecular weight excluding hydrogens is 280 g/mol. The van der Waals surface area contributed by atoms with Crippen molar-refractivity contribution in [3.8, 4) is 0 Å². The van der Waals surface area contributed by atoms with Gasteiger partial charge in [-0.15, -0.1) is 0 Å². The minimum absolute atomic E-state index is 0.331. The van der Waals surface area contributed by atoms with Crippen molar-refractivity contribution in [1.82, 2.24) is 10.6 Å². The maximum absolute atomic E-state index is 11.9. The minimum atomic E-state index is -0.678. The lowest BCUT2D eigenvalue weighted by molar-refractivity contribution is -0.142. The standard InChI is InChI=1S/C17H26N2O3/c1-3-4-5-9-12-18-17(21)19-15(16(20)22-2)13-14-10-7-6-8-11-14/h6-8,10-11,15H,3-5,9,12-13H2,1-2H3,(H2,18,19,21). The summed E-state index contributed by atoms with van der Waals surface area (Å²) in [7, 11) is 1.32. The van der Waals surface area contributed by atoms with Crippen LogP contribution in [0.1, 0.15) is 38.2 Å². The van der Waals surface area contributed by atoms with Gasteiger partial charge in [-0.05, 0) is 12.0 Å². The van der Waals surface area contributed by atoms with Gasteiger partial charge in [0.25, 0.3) is 0 Å². The summed E-state index contributed by atoms with van der Waals surface area (Å²) in [6.45, 7) is 2.76. The molecule has 22 heavy (non-hydrogen) atoms. The number of esters is 1. The zero-order valence-electron chi connectivity index (χ0n) is 13.4. The normalized spacial score (nSPS) is 11.5. The van der Waals surface area contributed by atoms with E-state index >= 15 is 0 Å². The highest BCUT2D eigenvalue weighted by Gasteiger charge is 2.21. The Hall–Kier alpha value is -2.04. The summed E-state index contributed by atoms with van der Waals surface area (Å²) in [5, 5.41) is 5.46. The lowest BCUT2D eigenvalue weighted by Crippen LogP contribution is -2.47. The van der Waals surface area contributed by atoms with Crippen molar-refractivity contribution < 1.29 is 14.3 Å². The summed E-state index contributed by atoms with van der Waals surface area (Å²) in [4.78, 5) is 23.7. The van der Waals surface area contributed by atoms with Crippen LogP contribution < -0.4 is 10.6 Å². The van der Waals surface area contributed by atoms with Crippen LogP contribution in [0.3, 0.4) is 0 Å². The third kappa shape index (κ3) is 7.11. The van der Waals surface area contributed by atoms with E-state index in [1.165, 1.54) is 13.5 Å². The fourth-order valence-electron chi connectivity index (χ4n) is 2.15. The number of urea groups is 1. The van der Waals surface area contributed by atoms with Crippen LogP contribution in [0.2, 0.25) is 0 Å². The molecule has 5 nitrogen and oxygen atoms in total. The maximum Gasteiger partial charge on any atom is 0.328 e. The molecule has 0 saturated heterocycles. The number of hydrogen-bond donors (Lipinski definition) is 2. The number of carbonyl (C=O) groups excluding carboxylic acids is 2. The van der Waals surface area contributed by atoms with E-state index in [-0.39, 0.29) is 6.03 Å². The van der Waals surface area contributed by atoms with Gasteiger partial charge in [0.15, 0.2) is 0 Å². The molecule has 5 heteroatoms. The van der Waals surface area contributed by atoms with E-state index in [0.717, 1.165) is 24.8 Å². The van der Waals surface area contributed by atoms with Crippen LogP contribution in [0.4, 0.5) is 4.79 Å². The first-order valence-corrected chi connectivity index (χ1v) is 7.83. The SMILES string of the molecule is CCCCCCNC(=O)NC(Cc1ccccc1)C(=O)OC. The van der Waals surface area contributed by atoms with Gasteiger partial charge in [0.1, 0.15) is 6.04 Å². The lowest BCUT2D eigenvalue weighted by atomic mass is 10.1. The summed E-state index contributed by atoms with van der Waals surface area (Å²) in [5.41, 5.74) is 0.973. The Morgan fingerprint density at radius 1 is 1.14 bits per heavy atom. The number of hydrogen-bond acceptors (Lipinski definition) is 3. The van der Waals surface area contributed by atoms with Crippen molar-refractivity contribution in [3.63, 3.8) is 0 Å². The first-order chi connectivity index (χ1) is 10.7. The predicted octanol–water partition coefficient (Wildman–Crippen LogP) is 2.65. The van der Waals surface area contributed by atoms with E-state index in [4.69, 9.17) is 4.74 Å². The molecule has 0 heterocycles. The Morgan fingerprint density at radius 2 is 1.86 bits per heavy atom. The second kappa shape index (κ2) is 10.7. The Bertz CT molecular complexity index is 448. The highest BCUT2D eigenvalue weighted by Crippen LogP contribution is 2.04. The second-order valence-electron chi connectivity index (χ2n) is 5.23. The van der Waals surface area contributed by atoms with E-state index in [1.807, 2.05) is 30.3 Å². The van der Waals surface area contributed by atoms with Crippen LogP contribution in [-0.2, 0) is 16.0 Å². The van der Waals surface area contributed by atoms with Crippen molar-refractivity contribution in [1.29, 1.82) is 0 Å². The van der Waals surface area contributed by atoms with Gasteiger partial charge in [0.2, 0.25) is 0 Å². The van der Waals surface area contributed by atoms with E-state index in [0.29, 0.717) is 13.0 Å². The van der Waals surface area contributed by atoms with E-state index in [2.05, 4.69) is 17.6 Å². The van der Waals surface area contributed by atoms with Crippen molar-refractivity contribution in [2.75, 3.05) is 13.7 Å². The first-order valence-electron chi connectivity index (χ1n) is 7.83. The molecule has 2 amide bonds. The molecule has 1 aromatic rings. The molecule has 0 radical (unpaired) electrons. The summed E-state index contributed by atoms with van der Waals surface area (Å²) in [6.07, 6.45) is 4.79. The second-order valence-corrected chi connectivity index (χ2v) is 5.23. The largest absolute Gasteiger partial charge is 0.467 e. The van der Waals surface area contributed by atoms with Gasteiger partial charge >= 0.3 is 12.0 Å². The predicted molar refractivity (Wildman–Crippen MR) is 86.6 cm³/mol. The molecule has 0 aromatic heterocycles. The van der Waals surface area contributed by atoms with Crippen LogP contribution in [0.15, 0.2) is 30.3 Å². The molecule has 0 bridgehead atoms. The summed E-state index contributed by atoms with van der Waals surface area (Å²) >= 11 is 0. The van der Waals surface area contributed by atoms with Crippen LogP contribution >= 0.6 is 0 Å². The number of amides is 2. The smallest absolute Gasteiger partial charge is 0.328 e. The summed E-state index contributed by atoms with van der Waals surface area (Å²) < 4.78 is 4.76. The van der Waals surface area contributed by atoms with Crippen LogP contribution in [-0.4, -0.2) is 31.7 Å². The summed E-state index contributed by atoms with van der Waals surface area (Å²) in [6, 6.07) is 8.54. The third-order valence-electron chi connectivity index (χ3n) is 3.39. The quantitative estimate of drug-likeness (QED) is 0.544. The van der Waals surface area contributed by atoms with Gasteiger partial charge in [-0.1, -0.05) is 56.5 Å². The summed E-state index contributed by atoms with van der Waals surface area (Å²) in [5.74, 6) is -0.440. The molecule has 1 aromatic carbocycles. The average Bonchev–Trinajstić information content (AvgIpc) is 2.54. The number of rotatable bonds is 9. The van der Waals surface area contributed by atoms with Crippen LogP contribution in [0.5, 0.6) is 0 Å². The lowest BCUT2D eigenvalue weighted by Gasteiger charge is -2.17. The Balaban J connectivity index is 2.44. The highest BCUT2D eigenvalue weighted by molar-refractivity contribution is 5.83. The molecule has 122 valence electrons. The zero-order chi connectivity index (χ0) is 16.2. The minimum Gasteiger partial charge on any atom is -0.467 e. The van der Waals surface area contributed by atoms with Crippen LogP contribution in [0, 0.1) is 0 Å². The molecular formula is C17H26N2O3. The molecule has 0 fully saturated rings. The fraction of sp³-hybridized carbons (Fsp3) is 0.529. The van der Waals surface area contributed by atoms with E-state index in [1.54, 1.807) is 0 Å². The van der Waals surface area contributed by atoms with Gasteiger partial charge in [-0.3, -0.25) is 0 Å². The number of carbonyl (C=O) groups is 2. The van der Waals surface area contributed by atoms with E-state index < -0.39 is 12.0 Å². The van der Waals surface area contributed by atoms with Gasteiger partial charge in [-0.2, -0.15) is 0 Å². The Kier molecular flexibility index (Phi) is 8.72. The molecule has 1 atom stereocenters. The van der Waals surface area contributed by atoms with E-state index in [9.17, 15) is 9.59 Å².